The SMILES string of the molecule is CSC1=C(SCc2ccc(CSC3=C(SC)S/C(=C/C=C4SC5=C(SCCS5)S4)S3)cc2)S/C(=C\C=C2SC3=C(SCCS3)S2)S1. The van der Waals surface area contributed by atoms with E-state index in [9.17, 15) is 0 Å². The van der Waals surface area contributed by atoms with Crippen LogP contribution in [0.1, 0.15) is 11.1 Å². The van der Waals surface area contributed by atoms with E-state index in [1.165, 1.54) is 85.0 Å². The molecule has 0 atom stereocenters. The van der Waals surface area contributed by atoms with E-state index >= 15 is 0 Å². The first-order valence-electron chi connectivity index (χ1n) is 13.8. The predicted molar refractivity (Wildman–Crippen MR) is 247 cm³/mol. The van der Waals surface area contributed by atoms with Gasteiger partial charge in [-0.05, 0) is 47.9 Å². The van der Waals surface area contributed by atoms with Gasteiger partial charge >= 0.3 is 0 Å². The van der Waals surface area contributed by atoms with Crippen molar-refractivity contribution < 1.29 is 0 Å². The highest BCUT2D eigenvalue weighted by molar-refractivity contribution is 8.43. The summed E-state index contributed by atoms with van der Waals surface area (Å²) in [5.74, 6) is 6.98. The summed E-state index contributed by atoms with van der Waals surface area (Å²) in [5.41, 5.74) is 2.79. The first kappa shape index (κ1) is 37.1. The maximum absolute atomic E-state index is 2.33. The molecule has 0 saturated heterocycles. The molecule has 0 amide bonds. The van der Waals surface area contributed by atoms with Crippen LogP contribution in [0.2, 0.25) is 0 Å². The van der Waals surface area contributed by atoms with Gasteiger partial charge in [0.05, 0.1) is 50.8 Å². The number of hydrogen-bond acceptors (Lipinski definition) is 16. The van der Waals surface area contributed by atoms with Crippen molar-refractivity contribution in [3.8, 4) is 0 Å². The lowest BCUT2D eigenvalue weighted by molar-refractivity contribution is 1.35. The van der Waals surface area contributed by atoms with Gasteiger partial charge in [0.2, 0.25) is 0 Å². The lowest BCUT2D eigenvalue weighted by Crippen LogP contribution is -1.88. The molecule has 1 aromatic rings. The second-order valence-electron chi connectivity index (χ2n) is 9.25. The average Bonchev–Trinajstić information content (AvgIpc) is 3.88. The normalized spacial score (nSPS) is 23.5. The molecule has 7 rings (SSSR count). The van der Waals surface area contributed by atoms with Crippen molar-refractivity contribution in [2.75, 3.05) is 35.5 Å². The van der Waals surface area contributed by atoms with Crippen molar-refractivity contribution in [1.29, 1.82) is 0 Å². The van der Waals surface area contributed by atoms with E-state index in [1.54, 1.807) is 0 Å². The molecule has 6 aliphatic rings. The number of rotatable bonds is 10. The van der Waals surface area contributed by atoms with Crippen molar-refractivity contribution in [2.45, 2.75) is 11.5 Å². The van der Waals surface area contributed by atoms with Gasteiger partial charge in [-0.15, -0.1) is 94.1 Å². The van der Waals surface area contributed by atoms with Crippen molar-refractivity contribution in [3.63, 3.8) is 0 Å². The Morgan fingerprint density at radius 2 is 0.761 bits per heavy atom. The summed E-state index contributed by atoms with van der Waals surface area (Å²) in [4.78, 5) is 0. The molecule has 6 heterocycles. The molecule has 6 aliphatic heterocycles. The summed E-state index contributed by atoms with van der Waals surface area (Å²) in [5, 5.41) is 0. The third-order valence-corrected chi connectivity index (χ3v) is 28.2. The van der Waals surface area contributed by atoms with Gasteiger partial charge in [0.1, 0.15) is 0 Å². The Hall–Kier alpha value is 2.74. The zero-order valence-electron chi connectivity index (χ0n) is 24.4. The van der Waals surface area contributed by atoms with Gasteiger partial charge in [0.25, 0.3) is 0 Å². The van der Waals surface area contributed by atoms with E-state index in [4.69, 9.17) is 0 Å². The lowest BCUT2D eigenvalue weighted by Gasteiger charge is -2.08. The molecular weight excluding hydrogens is 873 g/mol. The van der Waals surface area contributed by atoms with Gasteiger partial charge in [-0.1, -0.05) is 118 Å². The predicted octanol–water partition coefficient (Wildman–Crippen LogP) is 15.6. The highest BCUT2D eigenvalue weighted by Gasteiger charge is 2.27. The first-order chi connectivity index (χ1) is 22.6. The zero-order valence-corrected chi connectivity index (χ0v) is 37.5. The summed E-state index contributed by atoms with van der Waals surface area (Å²) in [6, 6.07) is 9.31. The van der Waals surface area contributed by atoms with Crippen LogP contribution in [0, 0.1) is 0 Å². The molecule has 0 bridgehead atoms. The van der Waals surface area contributed by atoms with E-state index in [0.29, 0.717) is 0 Å². The third-order valence-electron chi connectivity index (χ3n) is 6.16. The minimum atomic E-state index is 1.01. The molecule has 0 unspecified atom stereocenters. The van der Waals surface area contributed by atoms with Crippen molar-refractivity contribution in [1.82, 2.24) is 0 Å². The molecule has 242 valence electrons. The Kier molecular flexibility index (Phi) is 15.0. The molecule has 0 aromatic heterocycles. The standard InChI is InChI=1S/C30H26S16/c1-31-23-25(41-19(39-23)7-9-21-43-27-28(44-21)34-12-11-33-27)37-15-17-3-5-18(6-4-17)16-38-26-24(32-2)40-20(42-26)8-10-22-45-29-30(46-22)36-14-13-35-29/h3-10H,11-16H2,1-2H3/b19-7-,20-8-. The molecule has 0 N–H and O–H groups in total. The van der Waals surface area contributed by atoms with Gasteiger partial charge in [0.15, 0.2) is 0 Å². The molecule has 0 aliphatic carbocycles. The summed E-state index contributed by atoms with van der Waals surface area (Å²) < 4.78 is 17.4. The van der Waals surface area contributed by atoms with Crippen LogP contribution in [0.3, 0.4) is 0 Å². The highest BCUT2D eigenvalue weighted by atomic mass is 32.3. The molecular formula is C30H26S16. The van der Waals surface area contributed by atoms with E-state index in [-0.39, 0.29) is 0 Å². The lowest BCUT2D eigenvalue weighted by atomic mass is 10.2. The molecule has 0 nitrogen and oxygen atoms in total. The maximum atomic E-state index is 2.33. The fourth-order valence-electron chi connectivity index (χ4n) is 4.04. The quantitative estimate of drug-likeness (QED) is 0.219. The van der Waals surface area contributed by atoms with Crippen LogP contribution in [-0.4, -0.2) is 35.5 Å². The Morgan fingerprint density at radius 3 is 1.09 bits per heavy atom. The Bertz CT molecular complexity index is 1450. The smallest absolute Gasteiger partial charge is 0.0663 e. The topological polar surface area (TPSA) is 0 Å². The molecule has 0 saturated carbocycles. The molecule has 16 heteroatoms. The number of benzene rings is 1. The van der Waals surface area contributed by atoms with Gasteiger partial charge in [0, 0.05) is 34.5 Å². The fourth-order valence-corrected chi connectivity index (χ4v) is 26.0. The number of hydrogen-bond donors (Lipinski definition) is 0. The number of thioether (sulfide) groups is 16. The highest BCUT2D eigenvalue weighted by Crippen LogP contribution is 2.62. The Labute approximate surface area is 341 Å². The third kappa shape index (κ3) is 10.0. The van der Waals surface area contributed by atoms with Crippen molar-refractivity contribution in [2.24, 2.45) is 0 Å². The summed E-state index contributed by atoms with van der Waals surface area (Å²) in [6.07, 6.45) is 13.7. The Morgan fingerprint density at radius 1 is 0.457 bits per heavy atom. The molecule has 0 radical (unpaired) electrons. The second kappa shape index (κ2) is 18.7. The van der Waals surface area contributed by atoms with Crippen LogP contribution < -0.4 is 0 Å². The van der Waals surface area contributed by atoms with Gasteiger partial charge in [-0.2, -0.15) is 0 Å². The summed E-state index contributed by atoms with van der Waals surface area (Å²) >= 11 is 31.4. The minimum Gasteiger partial charge on any atom is -0.121 e. The van der Waals surface area contributed by atoms with Crippen LogP contribution >= 0.6 is 188 Å². The van der Waals surface area contributed by atoms with E-state index < -0.39 is 0 Å². The second-order valence-corrected chi connectivity index (χ2v) is 28.8. The minimum absolute atomic E-state index is 1.01. The van der Waals surface area contributed by atoms with Crippen LogP contribution in [-0.2, 0) is 11.5 Å². The van der Waals surface area contributed by atoms with Crippen LogP contribution in [0.4, 0.5) is 0 Å². The van der Waals surface area contributed by atoms with Crippen LogP contribution in [0.5, 0.6) is 0 Å². The molecule has 1 aromatic carbocycles. The summed E-state index contributed by atoms with van der Waals surface area (Å²) in [6.45, 7) is 0. The van der Waals surface area contributed by atoms with E-state index in [0.717, 1.165) is 11.5 Å². The summed E-state index contributed by atoms with van der Waals surface area (Å²) in [7, 11) is 0. The van der Waals surface area contributed by atoms with Crippen molar-refractivity contribution >= 4 is 188 Å². The zero-order chi connectivity index (χ0) is 31.3. The van der Waals surface area contributed by atoms with E-state index in [1.807, 2.05) is 188 Å². The van der Waals surface area contributed by atoms with Crippen molar-refractivity contribution in [3.05, 3.63) is 111 Å². The maximum Gasteiger partial charge on any atom is 0.0663 e. The van der Waals surface area contributed by atoms with Crippen LogP contribution in [0.25, 0.3) is 0 Å². The monoisotopic (exact) mass is 898 g/mol. The fraction of sp³-hybridized carbons (Fsp3) is 0.267. The largest absolute Gasteiger partial charge is 0.121 e. The first-order valence-corrected chi connectivity index (χ1v) is 28.7. The molecule has 0 spiro atoms. The average molecular weight is 900 g/mol. The molecule has 0 fully saturated rings. The van der Waals surface area contributed by atoms with Gasteiger partial charge in [-0.3, -0.25) is 0 Å². The number of allylic oxidation sites excluding steroid dienone is 4. The Balaban J connectivity index is 0.876. The van der Waals surface area contributed by atoms with E-state index in [2.05, 4.69) is 61.1 Å². The molecule has 46 heavy (non-hydrogen) atoms. The van der Waals surface area contributed by atoms with Gasteiger partial charge < -0.3 is 0 Å². The van der Waals surface area contributed by atoms with Crippen LogP contribution in [0.15, 0.2) is 99.4 Å². The van der Waals surface area contributed by atoms with Gasteiger partial charge in [-0.25, -0.2) is 0 Å².